The minimum Gasteiger partial charge on any atom is -0.271 e. The number of hydrogen-bond acceptors (Lipinski definition) is 7. The minimum absolute atomic E-state index is 0.0173. The normalized spacial score (nSPS) is 17.0. The maximum Gasteiger partial charge on any atom is 0.269 e. The molecule has 2 aromatic carbocycles. The third-order valence-corrected chi connectivity index (χ3v) is 7.39. The van der Waals surface area contributed by atoms with Crippen LogP contribution >= 0.6 is 0 Å². The topological polar surface area (TPSA) is 146 Å². The third-order valence-electron chi connectivity index (χ3n) is 5.60. The molecule has 0 saturated heterocycles. The van der Waals surface area contributed by atoms with Gasteiger partial charge in [-0.1, -0.05) is 24.6 Å². The van der Waals surface area contributed by atoms with E-state index in [1.54, 1.807) is 18.2 Å². The first-order valence-corrected chi connectivity index (χ1v) is 12.3. The van der Waals surface area contributed by atoms with Crippen molar-refractivity contribution in [1.82, 2.24) is 5.43 Å². The zero-order valence-corrected chi connectivity index (χ0v) is 19.3. The third kappa shape index (κ3) is 6.17. The van der Waals surface area contributed by atoms with Gasteiger partial charge < -0.3 is 0 Å². The average Bonchev–Trinajstić information content (AvgIpc) is 2.85. The van der Waals surface area contributed by atoms with Crippen molar-refractivity contribution in [3.63, 3.8) is 0 Å². The standard InChI is InChI=1S/C23H25N5O5S/c24-16-6-8-18-7-4-5-11-22(18)25-26-23(29)17-27(19-12-14-20(15-13-19)28(30)31)34(32,33)21-9-2-1-3-10-21/h1-3,9-10,12-15,18H,4-8,11,17H2,(H,26,29)/b25-22+. The van der Waals surface area contributed by atoms with E-state index in [2.05, 4.69) is 16.6 Å². The van der Waals surface area contributed by atoms with E-state index in [1.807, 2.05) is 0 Å². The van der Waals surface area contributed by atoms with Crippen molar-refractivity contribution in [2.45, 2.75) is 43.4 Å². The van der Waals surface area contributed by atoms with Gasteiger partial charge in [0.1, 0.15) is 6.54 Å². The van der Waals surface area contributed by atoms with Crippen molar-refractivity contribution in [1.29, 1.82) is 5.26 Å². The highest BCUT2D eigenvalue weighted by atomic mass is 32.2. The molecule has 3 rings (SSSR count). The average molecular weight is 484 g/mol. The summed E-state index contributed by atoms with van der Waals surface area (Å²) in [7, 11) is -4.13. The Kier molecular flexibility index (Phi) is 8.32. The van der Waals surface area contributed by atoms with Crippen molar-refractivity contribution in [3.05, 3.63) is 64.7 Å². The van der Waals surface area contributed by atoms with Crippen LogP contribution in [0.25, 0.3) is 0 Å². The second-order valence-corrected chi connectivity index (χ2v) is 9.74. The Morgan fingerprint density at radius 2 is 1.88 bits per heavy atom. The van der Waals surface area contributed by atoms with Gasteiger partial charge in [0, 0.05) is 30.2 Å². The molecule has 0 radical (unpaired) electrons. The molecule has 0 aromatic heterocycles. The van der Waals surface area contributed by atoms with Crippen molar-refractivity contribution in [3.8, 4) is 6.07 Å². The number of nitro groups is 1. The number of hydrogen-bond donors (Lipinski definition) is 1. The van der Waals surface area contributed by atoms with Crippen LogP contribution in [-0.2, 0) is 14.8 Å². The number of hydrazone groups is 1. The van der Waals surface area contributed by atoms with Crippen molar-refractivity contribution >= 4 is 33.0 Å². The van der Waals surface area contributed by atoms with Gasteiger partial charge in [0.25, 0.3) is 21.6 Å². The number of rotatable bonds is 9. The number of non-ortho nitro benzene ring substituents is 1. The van der Waals surface area contributed by atoms with E-state index in [9.17, 15) is 23.3 Å². The molecule has 11 heteroatoms. The fourth-order valence-electron chi connectivity index (χ4n) is 3.84. The summed E-state index contributed by atoms with van der Waals surface area (Å²) in [5.74, 6) is -0.525. The Morgan fingerprint density at radius 3 is 2.53 bits per heavy atom. The molecule has 1 aliphatic carbocycles. The molecule has 0 spiro atoms. The quantitative estimate of drug-likeness (QED) is 0.424. The molecule has 2 aromatic rings. The second kappa shape index (κ2) is 11.4. The number of nitro benzene ring substituents is 1. The van der Waals surface area contributed by atoms with Crippen molar-refractivity contribution < 1.29 is 18.1 Å². The van der Waals surface area contributed by atoms with Crippen molar-refractivity contribution in [2.24, 2.45) is 11.0 Å². The maximum atomic E-state index is 13.3. The highest BCUT2D eigenvalue weighted by Gasteiger charge is 2.28. The first-order valence-electron chi connectivity index (χ1n) is 10.9. The maximum absolute atomic E-state index is 13.3. The largest absolute Gasteiger partial charge is 0.271 e. The van der Waals surface area contributed by atoms with Crippen LogP contribution in [0.2, 0.25) is 0 Å². The summed E-state index contributed by atoms with van der Waals surface area (Å²) >= 11 is 0. The molecule has 0 aliphatic heterocycles. The number of sulfonamides is 1. The molecule has 1 fully saturated rings. The smallest absolute Gasteiger partial charge is 0.269 e. The molecule has 0 bridgehead atoms. The van der Waals surface area contributed by atoms with Crippen LogP contribution in [0.5, 0.6) is 0 Å². The van der Waals surface area contributed by atoms with Gasteiger partial charge in [-0.15, -0.1) is 0 Å². The van der Waals surface area contributed by atoms with E-state index >= 15 is 0 Å². The zero-order valence-electron chi connectivity index (χ0n) is 18.5. The summed E-state index contributed by atoms with van der Waals surface area (Å²) in [6.07, 6.45) is 4.66. The second-order valence-electron chi connectivity index (χ2n) is 7.88. The van der Waals surface area contributed by atoms with Gasteiger partial charge >= 0.3 is 0 Å². The van der Waals surface area contributed by atoms with Gasteiger partial charge in [0.05, 0.1) is 21.6 Å². The monoisotopic (exact) mass is 483 g/mol. The first kappa shape index (κ1) is 24.9. The van der Waals surface area contributed by atoms with Crippen molar-refractivity contribution in [2.75, 3.05) is 10.8 Å². The summed E-state index contributed by atoms with van der Waals surface area (Å²) in [5, 5.41) is 24.1. The Labute approximate surface area is 198 Å². The lowest BCUT2D eigenvalue weighted by Crippen LogP contribution is -2.40. The Hall–Kier alpha value is -3.78. The van der Waals surface area contributed by atoms with Crippen LogP contribution in [0.3, 0.4) is 0 Å². The van der Waals surface area contributed by atoms with Crippen LogP contribution in [0.15, 0.2) is 64.6 Å². The van der Waals surface area contributed by atoms with Gasteiger partial charge in [-0.25, -0.2) is 13.8 Å². The molecular weight excluding hydrogens is 458 g/mol. The van der Waals surface area contributed by atoms with E-state index in [0.29, 0.717) is 19.3 Å². The van der Waals surface area contributed by atoms with Crippen LogP contribution in [0.1, 0.15) is 38.5 Å². The van der Waals surface area contributed by atoms with E-state index in [0.717, 1.165) is 29.3 Å². The van der Waals surface area contributed by atoms with Gasteiger partial charge in [-0.2, -0.15) is 10.4 Å². The highest BCUT2D eigenvalue weighted by Crippen LogP contribution is 2.27. The van der Waals surface area contributed by atoms with E-state index in [-0.39, 0.29) is 22.2 Å². The predicted molar refractivity (Wildman–Crippen MR) is 126 cm³/mol. The molecule has 1 amide bonds. The summed E-state index contributed by atoms with van der Waals surface area (Å²) in [6.45, 7) is -0.561. The number of nitriles is 1. The molecule has 10 nitrogen and oxygen atoms in total. The van der Waals surface area contributed by atoms with Gasteiger partial charge in [-0.05, 0) is 49.9 Å². The molecule has 1 unspecified atom stereocenters. The zero-order chi connectivity index (χ0) is 24.6. The summed E-state index contributed by atoms with van der Waals surface area (Å²) < 4.78 is 27.5. The number of anilines is 1. The molecular formula is C23H25N5O5S. The molecule has 178 valence electrons. The van der Waals surface area contributed by atoms with E-state index in [4.69, 9.17) is 5.26 Å². The van der Waals surface area contributed by atoms with Gasteiger partial charge in [-0.3, -0.25) is 19.2 Å². The number of nitrogens with one attached hydrogen (secondary N) is 1. The van der Waals surface area contributed by atoms with Crippen LogP contribution in [0.4, 0.5) is 11.4 Å². The Bertz CT molecular complexity index is 1190. The minimum atomic E-state index is -4.13. The summed E-state index contributed by atoms with van der Waals surface area (Å²) in [4.78, 5) is 23.1. The SMILES string of the molecule is N#CCCC1CCCC/C1=N\NC(=O)CN(c1ccc([N+](=O)[O-])cc1)S(=O)(=O)c1ccccc1. The fraction of sp³-hybridized carbons (Fsp3) is 0.348. The molecule has 1 N–H and O–H groups in total. The number of nitrogens with zero attached hydrogens (tertiary/aromatic N) is 4. The Balaban J connectivity index is 1.84. The molecule has 1 atom stereocenters. The van der Waals surface area contributed by atoms with Gasteiger partial charge in [0.2, 0.25) is 0 Å². The lowest BCUT2D eigenvalue weighted by molar-refractivity contribution is -0.384. The molecule has 0 heterocycles. The summed E-state index contributed by atoms with van der Waals surface area (Å²) in [6, 6.07) is 14.7. The Morgan fingerprint density at radius 1 is 1.18 bits per heavy atom. The number of carbonyl (C=O) groups excluding carboxylic acids is 1. The summed E-state index contributed by atoms with van der Waals surface area (Å²) in [5.41, 5.74) is 3.19. The molecule has 1 aliphatic rings. The number of carbonyl (C=O) groups is 1. The number of benzene rings is 2. The van der Waals surface area contributed by atoms with Crippen LogP contribution in [0, 0.1) is 27.4 Å². The van der Waals surface area contributed by atoms with E-state index < -0.39 is 27.4 Å². The van der Waals surface area contributed by atoms with Gasteiger partial charge in [0.15, 0.2) is 0 Å². The van der Waals surface area contributed by atoms with Crippen LogP contribution < -0.4 is 9.73 Å². The molecule has 1 saturated carbocycles. The van der Waals surface area contributed by atoms with Crippen LogP contribution in [-0.4, -0.2) is 31.5 Å². The first-order chi connectivity index (χ1) is 16.3. The fourth-order valence-corrected chi connectivity index (χ4v) is 5.28. The lowest BCUT2D eigenvalue weighted by atomic mass is 9.84. The lowest BCUT2D eigenvalue weighted by Gasteiger charge is -2.25. The highest BCUT2D eigenvalue weighted by molar-refractivity contribution is 7.92. The molecule has 34 heavy (non-hydrogen) atoms. The van der Waals surface area contributed by atoms with E-state index in [1.165, 1.54) is 36.4 Å². The number of amides is 1. The predicted octanol–water partition coefficient (Wildman–Crippen LogP) is 3.76.